The predicted molar refractivity (Wildman–Crippen MR) is 159 cm³/mol. The third kappa shape index (κ3) is 6.95. The number of carbonyl (C=O) groups is 1. The lowest BCUT2D eigenvalue weighted by Crippen LogP contribution is -2.46. The number of piperidine rings is 1. The number of ether oxygens (including phenoxy) is 2. The van der Waals surface area contributed by atoms with Gasteiger partial charge in [-0.2, -0.15) is 5.10 Å². The number of rotatable bonds is 11. The van der Waals surface area contributed by atoms with E-state index in [0.717, 1.165) is 12.1 Å². The van der Waals surface area contributed by atoms with E-state index in [-0.39, 0.29) is 24.7 Å². The minimum absolute atomic E-state index is 0.00582. The molecule has 43 heavy (non-hydrogen) atoms. The summed E-state index contributed by atoms with van der Waals surface area (Å²) in [6, 6.07) is 18.1. The molecule has 0 bridgehead atoms. The Morgan fingerprint density at radius 3 is 2.53 bits per heavy atom. The van der Waals surface area contributed by atoms with E-state index in [9.17, 15) is 14.7 Å². The molecule has 1 fully saturated rings. The van der Waals surface area contributed by atoms with Crippen molar-refractivity contribution >= 4 is 5.91 Å². The summed E-state index contributed by atoms with van der Waals surface area (Å²) in [5, 5.41) is 21.2. The molecule has 1 aliphatic rings. The molecule has 2 aromatic heterocycles. The molecule has 1 saturated heterocycles. The lowest BCUT2D eigenvalue weighted by atomic mass is 9.72. The average Bonchev–Trinajstić information content (AvgIpc) is 3.48. The van der Waals surface area contributed by atoms with Crippen LogP contribution in [0, 0.1) is 6.92 Å². The van der Waals surface area contributed by atoms with E-state index in [0.29, 0.717) is 49.1 Å². The normalized spacial score (nSPS) is 15.6. The Morgan fingerprint density at radius 2 is 1.86 bits per heavy atom. The summed E-state index contributed by atoms with van der Waals surface area (Å²) in [6.07, 6.45) is 1.02. The highest BCUT2D eigenvalue weighted by Gasteiger charge is 2.43. The van der Waals surface area contributed by atoms with Crippen LogP contribution in [0.15, 0.2) is 69.9 Å². The number of likely N-dealkylation sites (tertiary alicyclic amines) is 1. The Labute approximate surface area is 249 Å². The zero-order valence-electron chi connectivity index (χ0n) is 24.6. The van der Waals surface area contributed by atoms with Gasteiger partial charge < -0.3 is 24.3 Å². The molecule has 0 spiro atoms. The molecule has 0 radical (unpaired) electrons. The summed E-state index contributed by atoms with van der Waals surface area (Å²) in [7, 11) is 3.15. The van der Waals surface area contributed by atoms with Crippen molar-refractivity contribution in [1.29, 1.82) is 0 Å². The molecular weight excluding hydrogens is 550 g/mol. The van der Waals surface area contributed by atoms with Gasteiger partial charge in [0.1, 0.15) is 24.2 Å². The van der Waals surface area contributed by atoms with Gasteiger partial charge in [-0.3, -0.25) is 19.6 Å². The van der Waals surface area contributed by atoms with Crippen molar-refractivity contribution < 1.29 is 23.8 Å². The van der Waals surface area contributed by atoms with Gasteiger partial charge in [-0.05, 0) is 56.1 Å². The van der Waals surface area contributed by atoms with Crippen LogP contribution in [0.4, 0.5) is 0 Å². The van der Waals surface area contributed by atoms with Crippen LogP contribution in [-0.2, 0) is 28.1 Å². The number of H-pyrrole nitrogens is 1. The highest BCUT2D eigenvalue weighted by atomic mass is 16.5. The average molecular weight is 588 g/mol. The van der Waals surface area contributed by atoms with Gasteiger partial charge in [0.2, 0.25) is 17.1 Å². The first-order chi connectivity index (χ1) is 20.8. The van der Waals surface area contributed by atoms with Crippen LogP contribution in [0.3, 0.4) is 0 Å². The van der Waals surface area contributed by atoms with E-state index in [2.05, 4.69) is 37.5 Å². The number of aryl methyl sites for hydroxylation is 1. The number of amides is 1. The maximum absolute atomic E-state index is 13.9. The number of hydrogen-bond donors (Lipinski definition) is 3. The van der Waals surface area contributed by atoms with E-state index in [4.69, 9.17) is 13.9 Å². The van der Waals surface area contributed by atoms with Crippen LogP contribution in [-0.4, -0.2) is 58.4 Å². The number of aromatic nitrogens is 3. The lowest BCUT2D eigenvalue weighted by molar-refractivity contribution is -0.123. The van der Waals surface area contributed by atoms with Gasteiger partial charge >= 0.3 is 0 Å². The smallest absolute Gasteiger partial charge is 0.227 e. The van der Waals surface area contributed by atoms with E-state index < -0.39 is 22.6 Å². The Hall–Kier alpha value is -4.48. The van der Waals surface area contributed by atoms with E-state index in [1.165, 1.54) is 11.6 Å². The first-order valence-electron chi connectivity index (χ1n) is 14.2. The number of carbonyl (C=O) groups excluding carboxylic acids is 1. The van der Waals surface area contributed by atoms with Gasteiger partial charge in [0.15, 0.2) is 17.4 Å². The first kappa shape index (κ1) is 30.0. The molecule has 3 heterocycles. The fraction of sp³-hybridized carbons (Fsp3) is 0.375. The quantitative estimate of drug-likeness (QED) is 0.239. The Bertz CT molecular complexity index is 1580. The van der Waals surface area contributed by atoms with Gasteiger partial charge in [-0.15, -0.1) is 0 Å². The Kier molecular flexibility index (Phi) is 9.22. The van der Waals surface area contributed by atoms with Crippen molar-refractivity contribution in [3.05, 3.63) is 105 Å². The monoisotopic (exact) mass is 587 g/mol. The van der Waals surface area contributed by atoms with Gasteiger partial charge in [0, 0.05) is 31.6 Å². The van der Waals surface area contributed by atoms with Crippen LogP contribution >= 0.6 is 0 Å². The number of aromatic hydroxyl groups is 1. The minimum atomic E-state index is -0.892. The van der Waals surface area contributed by atoms with Crippen LogP contribution in [0.1, 0.15) is 59.6 Å². The molecule has 1 aliphatic heterocycles. The Balaban J connectivity index is 1.43. The third-order valence-electron chi connectivity index (χ3n) is 7.93. The summed E-state index contributed by atoms with van der Waals surface area (Å²) in [6.45, 7) is 3.99. The topological polar surface area (TPSA) is 143 Å². The van der Waals surface area contributed by atoms with Crippen LogP contribution < -0.4 is 15.5 Å². The number of nitrogens with zero attached hydrogens (tertiary/aromatic N) is 3. The fourth-order valence-corrected chi connectivity index (χ4v) is 5.68. The third-order valence-corrected chi connectivity index (χ3v) is 7.93. The molecule has 4 aromatic rings. The molecule has 1 unspecified atom stereocenters. The van der Waals surface area contributed by atoms with Crippen molar-refractivity contribution in [1.82, 2.24) is 25.4 Å². The standard InChI is InChI=1S/C32H37N5O6/c1-21-17-25(38)29(40)30(43-21)32(13-15-37(16-14-32)19-22-7-5-4-6-8-22)18-27(39)34-28(23-9-11-24(42-3)12-10-23)31-33-26(20-41-2)35-36-31/h4-12,17,28,40H,13-16,18-20H2,1-3H3,(H,34,39)(H,33,35,36). The summed E-state index contributed by atoms with van der Waals surface area (Å²) in [5.74, 6) is 1.38. The maximum atomic E-state index is 13.9. The van der Waals surface area contributed by atoms with Crippen molar-refractivity contribution in [3.8, 4) is 11.5 Å². The highest BCUT2D eigenvalue weighted by molar-refractivity contribution is 5.78. The largest absolute Gasteiger partial charge is 0.502 e. The molecule has 1 atom stereocenters. The number of nitrogens with one attached hydrogen (secondary N) is 2. The summed E-state index contributed by atoms with van der Waals surface area (Å²) < 4.78 is 16.5. The van der Waals surface area contributed by atoms with Crippen LogP contribution in [0.2, 0.25) is 0 Å². The predicted octanol–water partition coefficient (Wildman–Crippen LogP) is 3.76. The molecule has 3 N–H and O–H groups in total. The molecular formula is C32H37N5O6. The van der Waals surface area contributed by atoms with Crippen molar-refractivity contribution in [2.75, 3.05) is 27.3 Å². The van der Waals surface area contributed by atoms with Gasteiger partial charge in [-0.1, -0.05) is 42.5 Å². The summed E-state index contributed by atoms with van der Waals surface area (Å²) in [4.78, 5) is 33.4. The van der Waals surface area contributed by atoms with Crippen molar-refractivity contribution in [2.24, 2.45) is 0 Å². The second kappa shape index (κ2) is 13.2. The summed E-state index contributed by atoms with van der Waals surface area (Å²) >= 11 is 0. The first-order valence-corrected chi connectivity index (χ1v) is 14.2. The van der Waals surface area contributed by atoms with Gasteiger partial charge in [0.25, 0.3) is 0 Å². The van der Waals surface area contributed by atoms with E-state index in [1.54, 1.807) is 33.3 Å². The molecule has 11 nitrogen and oxygen atoms in total. The summed E-state index contributed by atoms with van der Waals surface area (Å²) in [5.41, 5.74) is 0.540. The van der Waals surface area contributed by atoms with Crippen molar-refractivity contribution in [3.63, 3.8) is 0 Å². The van der Waals surface area contributed by atoms with Crippen molar-refractivity contribution in [2.45, 2.75) is 50.8 Å². The molecule has 2 aromatic carbocycles. The van der Waals surface area contributed by atoms with Crippen LogP contribution in [0.5, 0.6) is 11.5 Å². The van der Waals surface area contributed by atoms with Gasteiger partial charge in [-0.25, -0.2) is 4.98 Å². The lowest BCUT2D eigenvalue weighted by Gasteiger charge is -2.41. The molecule has 1 amide bonds. The number of benzene rings is 2. The second-order valence-corrected chi connectivity index (χ2v) is 11.0. The fourth-order valence-electron chi connectivity index (χ4n) is 5.68. The van der Waals surface area contributed by atoms with E-state index >= 15 is 0 Å². The van der Waals surface area contributed by atoms with Gasteiger partial charge in [0.05, 0.1) is 7.11 Å². The number of aromatic amines is 1. The second-order valence-electron chi connectivity index (χ2n) is 11.0. The molecule has 0 saturated carbocycles. The SMILES string of the molecule is COCc1nc(C(NC(=O)CC2(c3oc(C)cc(=O)c3O)CCN(Cc3ccccc3)CC2)c2ccc(OC)cc2)n[nH]1. The minimum Gasteiger partial charge on any atom is -0.502 e. The molecule has 11 heteroatoms. The Morgan fingerprint density at radius 1 is 1.14 bits per heavy atom. The molecule has 226 valence electrons. The number of hydrogen-bond acceptors (Lipinski definition) is 9. The van der Waals surface area contributed by atoms with E-state index in [1.807, 2.05) is 30.3 Å². The zero-order valence-corrected chi connectivity index (χ0v) is 24.6. The zero-order chi connectivity index (χ0) is 30.4. The molecule has 0 aliphatic carbocycles. The van der Waals surface area contributed by atoms with Crippen LogP contribution in [0.25, 0.3) is 0 Å². The molecule has 5 rings (SSSR count). The highest BCUT2D eigenvalue weighted by Crippen LogP contribution is 2.42. The number of methoxy groups -OCH3 is 2. The maximum Gasteiger partial charge on any atom is 0.227 e.